The first-order valence-electron chi connectivity index (χ1n) is 7.26. The van der Waals surface area contributed by atoms with Gasteiger partial charge in [0.1, 0.15) is 5.76 Å². The number of furan rings is 1. The number of ether oxygens (including phenoxy) is 1. The van der Waals surface area contributed by atoms with Crippen molar-refractivity contribution in [2.24, 2.45) is 0 Å². The van der Waals surface area contributed by atoms with E-state index in [1.54, 1.807) is 29.8 Å². The lowest BCUT2D eigenvalue weighted by atomic mass is 10.4. The molecular weight excluding hydrogens is 312 g/mol. The summed E-state index contributed by atoms with van der Waals surface area (Å²) in [7, 11) is 1.66. The van der Waals surface area contributed by atoms with E-state index in [1.807, 2.05) is 36.6 Å². The van der Waals surface area contributed by atoms with Crippen LogP contribution in [0.3, 0.4) is 0 Å². The van der Waals surface area contributed by atoms with Gasteiger partial charge in [-0.15, -0.1) is 5.10 Å². The molecule has 0 aromatic carbocycles. The summed E-state index contributed by atoms with van der Waals surface area (Å²) in [5, 5.41) is 4.55. The predicted octanol–water partition coefficient (Wildman–Crippen LogP) is 2.97. The lowest BCUT2D eigenvalue weighted by Crippen LogP contribution is -2.02. The molecule has 0 aliphatic heterocycles. The fraction of sp³-hybridized carbons (Fsp3) is 0.312. The number of methoxy groups -OCH3 is 1. The molecule has 0 unspecified atom stereocenters. The van der Waals surface area contributed by atoms with Crippen molar-refractivity contribution >= 4 is 11.8 Å². The minimum absolute atomic E-state index is 0.571. The Kier molecular flexibility index (Phi) is 5.09. The van der Waals surface area contributed by atoms with Crippen molar-refractivity contribution in [1.82, 2.24) is 19.7 Å². The van der Waals surface area contributed by atoms with Crippen LogP contribution in [0.5, 0.6) is 0 Å². The van der Waals surface area contributed by atoms with Crippen LogP contribution in [0.15, 0.2) is 40.9 Å². The number of hydrogen-bond donors (Lipinski definition) is 0. The molecule has 0 amide bonds. The van der Waals surface area contributed by atoms with E-state index in [1.165, 1.54) is 0 Å². The molecule has 0 bridgehead atoms. The summed E-state index contributed by atoms with van der Waals surface area (Å²) >= 11 is 1.71. The van der Waals surface area contributed by atoms with Crippen LogP contribution in [-0.4, -0.2) is 39.7 Å². The van der Waals surface area contributed by atoms with Gasteiger partial charge in [-0.2, -0.15) is 16.4 Å². The van der Waals surface area contributed by atoms with Crippen molar-refractivity contribution in [1.29, 1.82) is 0 Å². The van der Waals surface area contributed by atoms with Crippen LogP contribution in [0.2, 0.25) is 0 Å². The molecule has 0 fully saturated rings. The minimum atomic E-state index is 0.571. The van der Waals surface area contributed by atoms with E-state index in [4.69, 9.17) is 9.15 Å². The SMILES string of the molecule is COCCc1nc(-c2ccc(CSC)o2)n(-c2ccccn2)n1. The molecule has 6 nitrogen and oxygen atoms in total. The molecule has 120 valence electrons. The number of aromatic nitrogens is 4. The molecule has 0 aliphatic rings. The number of hydrogen-bond acceptors (Lipinski definition) is 6. The zero-order valence-electron chi connectivity index (χ0n) is 13.1. The first-order chi connectivity index (χ1) is 11.3. The van der Waals surface area contributed by atoms with Crippen molar-refractivity contribution < 1.29 is 9.15 Å². The third-order valence-corrected chi connectivity index (χ3v) is 3.79. The van der Waals surface area contributed by atoms with Crippen LogP contribution in [0.25, 0.3) is 17.4 Å². The summed E-state index contributed by atoms with van der Waals surface area (Å²) in [6, 6.07) is 9.58. The van der Waals surface area contributed by atoms with Crippen LogP contribution in [0, 0.1) is 0 Å². The Morgan fingerprint density at radius 1 is 1.26 bits per heavy atom. The molecule has 7 heteroatoms. The summed E-state index contributed by atoms with van der Waals surface area (Å²) < 4.78 is 12.7. The normalized spacial score (nSPS) is 11.0. The van der Waals surface area contributed by atoms with Gasteiger partial charge in [0, 0.05) is 19.7 Å². The molecule has 0 spiro atoms. The van der Waals surface area contributed by atoms with E-state index in [9.17, 15) is 0 Å². The van der Waals surface area contributed by atoms with E-state index in [0.29, 0.717) is 36.3 Å². The van der Waals surface area contributed by atoms with Crippen molar-refractivity contribution in [3.05, 3.63) is 48.1 Å². The van der Waals surface area contributed by atoms with Crippen molar-refractivity contribution in [3.63, 3.8) is 0 Å². The Hall–Kier alpha value is -2.12. The van der Waals surface area contributed by atoms with Gasteiger partial charge in [0.2, 0.25) is 5.82 Å². The third-order valence-electron chi connectivity index (χ3n) is 3.22. The molecular formula is C16H18N4O2S. The predicted molar refractivity (Wildman–Crippen MR) is 89.7 cm³/mol. The van der Waals surface area contributed by atoms with Crippen molar-refractivity contribution in [2.75, 3.05) is 20.0 Å². The Balaban J connectivity index is 2.00. The van der Waals surface area contributed by atoms with Crippen molar-refractivity contribution in [2.45, 2.75) is 12.2 Å². The topological polar surface area (TPSA) is 66.0 Å². The van der Waals surface area contributed by atoms with Gasteiger partial charge in [0.05, 0.1) is 12.4 Å². The smallest absolute Gasteiger partial charge is 0.200 e. The van der Waals surface area contributed by atoms with E-state index in [-0.39, 0.29) is 0 Å². The highest BCUT2D eigenvalue weighted by Gasteiger charge is 2.17. The van der Waals surface area contributed by atoms with Crippen LogP contribution in [0.4, 0.5) is 0 Å². The van der Waals surface area contributed by atoms with Crippen LogP contribution in [0.1, 0.15) is 11.6 Å². The van der Waals surface area contributed by atoms with Gasteiger partial charge in [0.25, 0.3) is 0 Å². The molecule has 0 saturated carbocycles. The first kappa shape index (κ1) is 15.8. The quantitative estimate of drug-likeness (QED) is 0.663. The standard InChI is InChI=1S/C16H18N4O2S/c1-21-10-8-14-18-16(13-7-6-12(22-13)11-23-2)20(19-14)15-5-3-4-9-17-15/h3-7,9H,8,10-11H2,1-2H3. The Bertz CT molecular complexity index is 755. The van der Waals surface area contributed by atoms with E-state index >= 15 is 0 Å². The monoisotopic (exact) mass is 330 g/mol. The average Bonchev–Trinajstić information content (AvgIpc) is 3.21. The maximum Gasteiger partial charge on any atom is 0.200 e. The van der Waals surface area contributed by atoms with Gasteiger partial charge in [-0.25, -0.2) is 9.97 Å². The number of thioether (sulfide) groups is 1. The van der Waals surface area contributed by atoms with Gasteiger partial charge < -0.3 is 9.15 Å². The molecule has 0 N–H and O–H groups in total. The van der Waals surface area contributed by atoms with Crippen LogP contribution >= 0.6 is 11.8 Å². The molecule has 0 aliphatic carbocycles. The molecule has 3 heterocycles. The zero-order chi connectivity index (χ0) is 16.1. The maximum absolute atomic E-state index is 5.89. The highest BCUT2D eigenvalue weighted by molar-refractivity contribution is 7.97. The number of rotatable bonds is 7. The molecule has 0 atom stereocenters. The van der Waals surface area contributed by atoms with Gasteiger partial charge >= 0.3 is 0 Å². The second kappa shape index (κ2) is 7.43. The summed E-state index contributed by atoms with van der Waals surface area (Å²) in [4.78, 5) is 8.95. The second-order valence-electron chi connectivity index (χ2n) is 4.89. The van der Waals surface area contributed by atoms with Gasteiger partial charge in [-0.3, -0.25) is 0 Å². The molecule has 3 aromatic heterocycles. The highest BCUT2D eigenvalue weighted by atomic mass is 32.2. The Morgan fingerprint density at radius 2 is 2.17 bits per heavy atom. The van der Waals surface area contributed by atoms with E-state index < -0.39 is 0 Å². The van der Waals surface area contributed by atoms with Crippen LogP contribution in [-0.2, 0) is 16.9 Å². The average molecular weight is 330 g/mol. The zero-order valence-corrected chi connectivity index (χ0v) is 13.9. The lowest BCUT2D eigenvalue weighted by Gasteiger charge is -2.02. The summed E-state index contributed by atoms with van der Waals surface area (Å²) in [5.41, 5.74) is 0. The largest absolute Gasteiger partial charge is 0.457 e. The summed E-state index contributed by atoms with van der Waals surface area (Å²) in [6.45, 7) is 0.571. The van der Waals surface area contributed by atoms with E-state index in [0.717, 1.165) is 11.5 Å². The summed E-state index contributed by atoms with van der Waals surface area (Å²) in [5.74, 6) is 4.50. The third kappa shape index (κ3) is 3.62. The van der Waals surface area contributed by atoms with E-state index in [2.05, 4.69) is 15.1 Å². The minimum Gasteiger partial charge on any atom is -0.457 e. The molecule has 3 aromatic rings. The maximum atomic E-state index is 5.89. The van der Waals surface area contributed by atoms with Gasteiger partial charge in [0.15, 0.2) is 17.4 Å². The fourth-order valence-corrected chi connectivity index (χ4v) is 2.61. The molecule has 0 saturated heterocycles. The summed E-state index contributed by atoms with van der Waals surface area (Å²) in [6.07, 6.45) is 4.42. The lowest BCUT2D eigenvalue weighted by molar-refractivity contribution is 0.200. The van der Waals surface area contributed by atoms with Gasteiger partial charge in [-0.05, 0) is 30.5 Å². The number of pyridine rings is 1. The molecule has 0 radical (unpaired) electrons. The highest BCUT2D eigenvalue weighted by Crippen LogP contribution is 2.24. The molecule has 23 heavy (non-hydrogen) atoms. The Morgan fingerprint density at radius 3 is 2.91 bits per heavy atom. The van der Waals surface area contributed by atoms with Crippen LogP contribution < -0.4 is 0 Å². The Labute approximate surface area is 138 Å². The first-order valence-corrected chi connectivity index (χ1v) is 8.65. The number of nitrogens with zero attached hydrogens (tertiary/aromatic N) is 4. The van der Waals surface area contributed by atoms with Crippen molar-refractivity contribution in [3.8, 4) is 17.4 Å². The second-order valence-corrected chi connectivity index (χ2v) is 5.76. The molecule has 3 rings (SSSR count). The van der Waals surface area contributed by atoms with Gasteiger partial charge in [-0.1, -0.05) is 6.07 Å². The fourth-order valence-electron chi connectivity index (χ4n) is 2.17.